The number of fused-ring (bicyclic) bond motifs is 1. The highest BCUT2D eigenvalue weighted by molar-refractivity contribution is 5.96. The van der Waals surface area contributed by atoms with Crippen LogP contribution in [0.2, 0.25) is 0 Å². The van der Waals surface area contributed by atoms with Gasteiger partial charge in [-0.2, -0.15) is 0 Å². The van der Waals surface area contributed by atoms with Crippen LogP contribution in [0.15, 0.2) is 42.5 Å². The van der Waals surface area contributed by atoms with Crippen LogP contribution in [0, 0.1) is 5.82 Å². The van der Waals surface area contributed by atoms with E-state index in [9.17, 15) is 14.3 Å². The molecule has 0 saturated heterocycles. The van der Waals surface area contributed by atoms with Crippen molar-refractivity contribution >= 4 is 17.3 Å². The molecular weight excluding hydrogens is 257 g/mol. The average molecular weight is 271 g/mol. The summed E-state index contributed by atoms with van der Waals surface area (Å²) >= 11 is 0. The molecule has 0 saturated carbocycles. The predicted octanol–water partition coefficient (Wildman–Crippen LogP) is 3.61. The van der Waals surface area contributed by atoms with Crippen LogP contribution < -0.4 is 4.90 Å². The second-order valence-corrected chi connectivity index (χ2v) is 4.82. The molecule has 1 aliphatic rings. The van der Waals surface area contributed by atoms with Crippen molar-refractivity contribution < 1.29 is 14.3 Å². The molecule has 0 spiro atoms. The fraction of sp³-hybridized carbons (Fsp3) is 0.188. The highest BCUT2D eigenvalue weighted by Gasteiger charge is 2.24. The van der Waals surface area contributed by atoms with Crippen molar-refractivity contribution in [1.29, 1.82) is 0 Å². The maximum Gasteiger partial charge on any atom is 0.340 e. The second kappa shape index (κ2) is 4.96. The van der Waals surface area contributed by atoms with Gasteiger partial charge in [-0.25, -0.2) is 9.18 Å². The zero-order valence-corrected chi connectivity index (χ0v) is 10.8. The Morgan fingerprint density at radius 1 is 1.10 bits per heavy atom. The molecular formula is C16H14FNO2. The first-order chi connectivity index (χ1) is 9.68. The van der Waals surface area contributed by atoms with Gasteiger partial charge >= 0.3 is 5.97 Å². The maximum atomic E-state index is 13.8. The van der Waals surface area contributed by atoms with Crippen molar-refractivity contribution in [1.82, 2.24) is 0 Å². The van der Waals surface area contributed by atoms with Gasteiger partial charge in [0.05, 0.1) is 5.69 Å². The van der Waals surface area contributed by atoms with Crippen LogP contribution in [-0.4, -0.2) is 17.6 Å². The monoisotopic (exact) mass is 271 g/mol. The Labute approximate surface area is 116 Å². The van der Waals surface area contributed by atoms with Crippen molar-refractivity contribution in [2.24, 2.45) is 0 Å². The van der Waals surface area contributed by atoms with Gasteiger partial charge in [0.15, 0.2) is 0 Å². The number of anilines is 2. The second-order valence-electron chi connectivity index (χ2n) is 4.82. The van der Waals surface area contributed by atoms with Gasteiger partial charge in [-0.1, -0.05) is 24.3 Å². The van der Waals surface area contributed by atoms with E-state index in [0.29, 0.717) is 12.2 Å². The van der Waals surface area contributed by atoms with Crippen LogP contribution in [0.3, 0.4) is 0 Å². The van der Waals surface area contributed by atoms with E-state index in [0.717, 1.165) is 18.5 Å². The Hall–Kier alpha value is -2.36. The molecule has 102 valence electrons. The first-order valence-corrected chi connectivity index (χ1v) is 6.56. The van der Waals surface area contributed by atoms with Gasteiger partial charge in [-0.15, -0.1) is 0 Å². The van der Waals surface area contributed by atoms with E-state index in [1.807, 2.05) is 29.2 Å². The van der Waals surface area contributed by atoms with Gasteiger partial charge in [0.1, 0.15) is 11.4 Å². The molecule has 0 atom stereocenters. The number of carboxylic acids is 1. The lowest BCUT2D eigenvalue weighted by Gasteiger charge is -2.32. The molecule has 0 aliphatic carbocycles. The van der Waals surface area contributed by atoms with E-state index in [4.69, 9.17) is 0 Å². The number of carbonyl (C=O) groups is 1. The summed E-state index contributed by atoms with van der Waals surface area (Å²) in [5.74, 6) is -1.93. The van der Waals surface area contributed by atoms with Crippen LogP contribution in [-0.2, 0) is 6.42 Å². The number of benzene rings is 2. The summed E-state index contributed by atoms with van der Waals surface area (Å²) in [6.45, 7) is 0.695. The predicted molar refractivity (Wildman–Crippen MR) is 75.1 cm³/mol. The van der Waals surface area contributed by atoms with E-state index in [1.54, 1.807) is 12.1 Å². The van der Waals surface area contributed by atoms with E-state index in [-0.39, 0.29) is 5.56 Å². The lowest BCUT2D eigenvalue weighted by Crippen LogP contribution is -2.26. The van der Waals surface area contributed by atoms with Crippen molar-refractivity contribution in [3.8, 4) is 0 Å². The lowest BCUT2D eigenvalue weighted by atomic mass is 10.00. The van der Waals surface area contributed by atoms with E-state index >= 15 is 0 Å². The van der Waals surface area contributed by atoms with Gasteiger partial charge in [0.25, 0.3) is 0 Å². The van der Waals surface area contributed by atoms with Crippen molar-refractivity contribution in [3.63, 3.8) is 0 Å². The number of rotatable bonds is 2. The highest BCUT2D eigenvalue weighted by atomic mass is 19.1. The van der Waals surface area contributed by atoms with Gasteiger partial charge < -0.3 is 10.0 Å². The summed E-state index contributed by atoms with van der Waals surface area (Å²) < 4.78 is 13.8. The summed E-state index contributed by atoms with van der Waals surface area (Å²) in [5.41, 5.74) is 2.29. The van der Waals surface area contributed by atoms with Crippen molar-refractivity contribution in [3.05, 3.63) is 59.4 Å². The third-order valence-corrected chi connectivity index (χ3v) is 3.61. The number of hydrogen-bond donors (Lipinski definition) is 1. The van der Waals surface area contributed by atoms with Crippen LogP contribution in [0.1, 0.15) is 22.3 Å². The standard InChI is InChI=1S/C16H14FNO2/c17-12-7-3-9-14(15(12)16(19)20)18-10-4-6-11-5-1-2-8-13(11)18/h1-3,5,7-9H,4,6,10H2,(H,19,20). The average Bonchev–Trinajstić information content (AvgIpc) is 2.46. The topological polar surface area (TPSA) is 40.5 Å². The molecule has 0 bridgehead atoms. The van der Waals surface area contributed by atoms with E-state index in [2.05, 4.69) is 0 Å². The minimum absolute atomic E-state index is 0.260. The molecule has 0 radical (unpaired) electrons. The number of aryl methyl sites for hydroxylation is 1. The highest BCUT2D eigenvalue weighted by Crippen LogP contribution is 2.35. The van der Waals surface area contributed by atoms with Crippen molar-refractivity contribution in [2.45, 2.75) is 12.8 Å². The molecule has 4 heteroatoms. The molecule has 0 amide bonds. The molecule has 2 aromatic carbocycles. The van der Waals surface area contributed by atoms with Gasteiger partial charge in [0.2, 0.25) is 0 Å². The molecule has 0 aromatic heterocycles. The van der Waals surface area contributed by atoms with Gasteiger partial charge in [-0.3, -0.25) is 0 Å². The normalized spacial score (nSPS) is 13.9. The number of aromatic carboxylic acids is 1. The number of carboxylic acid groups (broad SMARTS) is 1. The zero-order valence-electron chi connectivity index (χ0n) is 10.8. The maximum absolute atomic E-state index is 13.8. The van der Waals surface area contributed by atoms with Crippen molar-refractivity contribution in [2.75, 3.05) is 11.4 Å². The minimum atomic E-state index is -1.24. The minimum Gasteiger partial charge on any atom is -0.478 e. The fourth-order valence-corrected chi connectivity index (χ4v) is 2.73. The molecule has 20 heavy (non-hydrogen) atoms. The molecule has 1 N–H and O–H groups in total. The quantitative estimate of drug-likeness (QED) is 0.907. The largest absolute Gasteiger partial charge is 0.478 e. The molecule has 0 fully saturated rings. The van der Waals surface area contributed by atoms with Gasteiger partial charge in [0, 0.05) is 12.2 Å². The number of para-hydroxylation sites is 1. The Morgan fingerprint density at radius 2 is 1.85 bits per heavy atom. The van der Waals surface area contributed by atoms with Crippen LogP contribution in [0.25, 0.3) is 0 Å². The van der Waals surface area contributed by atoms with Gasteiger partial charge in [-0.05, 0) is 36.6 Å². The Kier molecular flexibility index (Phi) is 3.14. The third kappa shape index (κ3) is 2.03. The Balaban J connectivity index is 2.16. The number of halogens is 1. The molecule has 1 heterocycles. The third-order valence-electron chi connectivity index (χ3n) is 3.61. The summed E-state index contributed by atoms with van der Waals surface area (Å²) in [5, 5.41) is 9.26. The Bertz CT molecular complexity index is 669. The fourth-order valence-electron chi connectivity index (χ4n) is 2.73. The smallest absolute Gasteiger partial charge is 0.340 e. The van der Waals surface area contributed by atoms with E-state index < -0.39 is 11.8 Å². The van der Waals surface area contributed by atoms with Crippen LogP contribution in [0.4, 0.5) is 15.8 Å². The number of nitrogens with zero attached hydrogens (tertiary/aromatic N) is 1. The molecule has 3 nitrogen and oxygen atoms in total. The molecule has 0 unspecified atom stereocenters. The zero-order chi connectivity index (χ0) is 14.1. The van der Waals surface area contributed by atoms with Crippen LogP contribution in [0.5, 0.6) is 0 Å². The van der Waals surface area contributed by atoms with Crippen LogP contribution >= 0.6 is 0 Å². The van der Waals surface area contributed by atoms with E-state index in [1.165, 1.54) is 11.6 Å². The first kappa shape index (κ1) is 12.7. The molecule has 1 aliphatic heterocycles. The number of hydrogen-bond acceptors (Lipinski definition) is 2. The summed E-state index contributed by atoms with van der Waals surface area (Å²) in [4.78, 5) is 13.2. The summed E-state index contributed by atoms with van der Waals surface area (Å²) in [7, 11) is 0. The lowest BCUT2D eigenvalue weighted by molar-refractivity contribution is 0.0692. The summed E-state index contributed by atoms with van der Waals surface area (Å²) in [6.07, 6.45) is 1.89. The molecule has 3 rings (SSSR count). The first-order valence-electron chi connectivity index (χ1n) is 6.56. The SMILES string of the molecule is O=C(O)c1c(F)cccc1N1CCCc2ccccc21. The summed E-state index contributed by atoms with van der Waals surface area (Å²) in [6, 6.07) is 12.3. The Morgan fingerprint density at radius 3 is 2.65 bits per heavy atom. The molecule has 2 aromatic rings.